The van der Waals surface area contributed by atoms with Crippen LogP contribution < -0.4 is 0 Å². The minimum Gasteiger partial charge on any atom is -0.0683 e. The first-order valence-electron chi connectivity index (χ1n) is 31.0. The Morgan fingerprint density at radius 2 is 0.129 bits per heavy atom. The van der Waals surface area contributed by atoms with Crippen molar-refractivity contribution in [1.82, 2.24) is 0 Å². The van der Waals surface area contributed by atoms with Crippen LogP contribution in [-0.2, 0) is 0 Å². The molecule has 0 nitrogen and oxygen atoms in total. The van der Waals surface area contributed by atoms with Gasteiger partial charge in [-0.3, -0.25) is 0 Å². The van der Waals surface area contributed by atoms with Crippen LogP contribution in [0, 0.1) is 11.8 Å². The quantitative estimate of drug-likeness (QED) is 0.246. The van der Waals surface area contributed by atoms with Crippen molar-refractivity contribution in [3.8, 4) is 0 Å². The molecule has 0 amide bonds. The van der Waals surface area contributed by atoms with Crippen molar-refractivity contribution in [1.29, 1.82) is 0 Å². The highest BCUT2D eigenvalue weighted by molar-refractivity contribution is 4.89. The minimum absolute atomic E-state index is 1.21. The number of hydrogen-bond acceptors (Lipinski definition) is 0. The van der Waals surface area contributed by atoms with Gasteiger partial charge >= 0.3 is 0 Å². The molecule has 0 atom stereocenters. The van der Waals surface area contributed by atoms with Gasteiger partial charge in [0.1, 0.15) is 0 Å². The highest BCUT2D eigenvalue weighted by Crippen LogP contribution is 2.49. The van der Waals surface area contributed by atoms with E-state index in [4.69, 9.17) is 0 Å². The van der Waals surface area contributed by atoms with Gasteiger partial charge in [-0.1, -0.05) is 388 Å². The third-order valence-electron chi connectivity index (χ3n) is 1.91. The van der Waals surface area contributed by atoms with E-state index in [1.165, 1.54) is 11.8 Å². The lowest BCUT2D eigenvalue weighted by atomic mass is 10.3. The third kappa shape index (κ3) is 2090. The molecular weight excluding hydrogens is 745 g/mol. The lowest BCUT2D eigenvalue weighted by Crippen LogP contribution is -1.70. The van der Waals surface area contributed by atoms with E-state index in [0.717, 1.165) is 0 Å². The predicted molar refractivity (Wildman–Crippen MR) is 343 cm³/mol. The van der Waals surface area contributed by atoms with Gasteiger partial charge in [0.25, 0.3) is 0 Å². The van der Waals surface area contributed by atoms with Crippen LogP contribution in [0.15, 0.2) is 0 Å². The second kappa shape index (κ2) is 2200. The van der Waals surface area contributed by atoms with Crippen molar-refractivity contribution >= 4 is 0 Å². The van der Waals surface area contributed by atoms with Crippen LogP contribution in [-0.4, -0.2) is 0 Å². The molecule has 2 fully saturated rings. The zero-order valence-corrected chi connectivity index (χ0v) is 60.0. The first-order valence-corrected chi connectivity index (χ1v) is 31.0. The zero-order chi connectivity index (χ0) is 60.0. The third-order valence-corrected chi connectivity index (χ3v) is 1.91. The maximum atomic E-state index is 2.00. The van der Waals surface area contributed by atoms with Crippen LogP contribution in [0.3, 0.4) is 0 Å². The summed E-state index contributed by atoms with van der Waals surface area (Å²) < 4.78 is 0. The summed E-state index contributed by atoms with van der Waals surface area (Å²) >= 11 is 0. The topological polar surface area (TPSA) is 0 Å². The van der Waals surface area contributed by atoms with Gasteiger partial charge in [-0.15, -0.1) is 0 Å². The molecular formula is C62H178. The van der Waals surface area contributed by atoms with E-state index < -0.39 is 0 Å². The van der Waals surface area contributed by atoms with Crippen molar-refractivity contribution in [2.24, 2.45) is 11.8 Å². The molecule has 0 bridgehead atoms. The first kappa shape index (κ1) is 188. The molecule has 0 aromatic rings. The Morgan fingerprint density at radius 3 is 0.145 bits per heavy atom. The van der Waals surface area contributed by atoms with E-state index in [1.807, 2.05) is 388 Å². The van der Waals surface area contributed by atoms with E-state index in [0.29, 0.717) is 0 Å². The summed E-state index contributed by atoms with van der Waals surface area (Å²) in [5, 5.41) is 0. The molecule has 0 N–H and O–H groups in total. The average Bonchev–Trinajstić information content (AvgIpc) is 4.46. The Labute approximate surface area is 423 Å². The standard InChI is InChI=1S/C6H10.28C2H6/c1-2-5(1)6-3-4-6;28*1-2/h5-6H,1-4H2;28*1-2H3. The van der Waals surface area contributed by atoms with Crippen LogP contribution >= 0.6 is 0 Å². The van der Waals surface area contributed by atoms with E-state index >= 15 is 0 Å². The van der Waals surface area contributed by atoms with E-state index in [-0.39, 0.29) is 0 Å². The van der Waals surface area contributed by atoms with Crippen molar-refractivity contribution in [2.45, 2.75) is 413 Å². The zero-order valence-electron chi connectivity index (χ0n) is 60.0. The molecule has 2 aliphatic rings. The highest BCUT2D eigenvalue weighted by atomic mass is 14.4. The fourth-order valence-corrected chi connectivity index (χ4v) is 1.14. The van der Waals surface area contributed by atoms with Crippen LogP contribution in [0.25, 0.3) is 0 Å². The van der Waals surface area contributed by atoms with Crippen LogP contribution in [0.5, 0.6) is 0 Å². The Kier molecular flexibility index (Phi) is 6670. The lowest BCUT2D eigenvalue weighted by molar-refractivity contribution is 0.716. The van der Waals surface area contributed by atoms with Gasteiger partial charge in [-0.25, -0.2) is 0 Å². The molecule has 0 aromatic heterocycles. The predicted octanol–water partition coefficient (Wildman–Crippen LogP) is 30.5. The molecule has 0 aliphatic heterocycles. The van der Waals surface area contributed by atoms with Crippen molar-refractivity contribution < 1.29 is 0 Å². The van der Waals surface area contributed by atoms with Crippen LogP contribution in [0.1, 0.15) is 413 Å². The SMILES string of the molecule is C1CC1C1CC1.CC.CC.CC.CC.CC.CC.CC.CC.CC.CC.CC.CC.CC.CC.CC.CC.CC.CC.CC.CC.CC.CC.CC.CC.CC.CC.CC.CC. The molecule has 0 unspecified atom stereocenters. The fraction of sp³-hybridized carbons (Fsp3) is 1.00. The van der Waals surface area contributed by atoms with Crippen molar-refractivity contribution in [2.75, 3.05) is 0 Å². The minimum atomic E-state index is 1.21. The van der Waals surface area contributed by atoms with E-state index in [9.17, 15) is 0 Å². The van der Waals surface area contributed by atoms with Crippen molar-refractivity contribution in [3.63, 3.8) is 0 Å². The van der Waals surface area contributed by atoms with Crippen molar-refractivity contribution in [3.05, 3.63) is 0 Å². The molecule has 62 heavy (non-hydrogen) atoms. The summed E-state index contributed by atoms with van der Waals surface area (Å²) in [6.07, 6.45) is 6.24. The molecule has 0 spiro atoms. The summed E-state index contributed by atoms with van der Waals surface area (Å²) in [5.74, 6) is 2.43. The molecule has 0 saturated heterocycles. The molecule has 2 saturated carbocycles. The first-order chi connectivity index (χ1) is 31.0. The summed E-state index contributed by atoms with van der Waals surface area (Å²) in [5.41, 5.74) is 0. The summed E-state index contributed by atoms with van der Waals surface area (Å²) in [4.78, 5) is 0. The number of rotatable bonds is 1. The molecule has 0 radical (unpaired) electrons. The Balaban J connectivity index is -0.00000000828. The van der Waals surface area contributed by atoms with Gasteiger partial charge in [0, 0.05) is 0 Å². The Bertz CT molecular complexity index is 48.4. The second-order valence-electron chi connectivity index (χ2n) is 2.67. The largest absolute Gasteiger partial charge is 0.0683 e. The number of hydrogen-bond donors (Lipinski definition) is 0. The van der Waals surface area contributed by atoms with Gasteiger partial charge in [-0.2, -0.15) is 0 Å². The average molecular weight is 924 g/mol. The summed E-state index contributed by atoms with van der Waals surface area (Å²) in [7, 11) is 0. The molecule has 0 heteroatoms. The summed E-state index contributed by atoms with van der Waals surface area (Å²) in [6, 6.07) is 0. The highest BCUT2D eigenvalue weighted by Gasteiger charge is 2.37. The molecule has 426 valence electrons. The maximum Gasteiger partial charge on any atom is -0.0386 e. The molecule has 0 heterocycles. The lowest BCUT2D eigenvalue weighted by Gasteiger charge is -1.77. The van der Waals surface area contributed by atoms with E-state index in [2.05, 4.69) is 0 Å². The van der Waals surface area contributed by atoms with E-state index in [1.54, 1.807) is 25.7 Å². The monoisotopic (exact) mass is 923 g/mol. The van der Waals surface area contributed by atoms with Crippen LogP contribution in [0.2, 0.25) is 0 Å². The smallest absolute Gasteiger partial charge is 0.0386 e. The van der Waals surface area contributed by atoms with Crippen LogP contribution in [0.4, 0.5) is 0 Å². The van der Waals surface area contributed by atoms with Gasteiger partial charge in [-0.05, 0) is 37.5 Å². The summed E-state index contributed by atoms with van der Waals surface area (Å²) in [6.45, 7) is 112. The van der Waals surface area contributed by atoms with Gasteiger partial charge < -0.3 is 0 Å². The Hall–Kier alpha value is 0. The normalized spacial score (nSPS) is 6.00. The Morgan fingerprint density at radius 1 is 0.0968 bits per heavy atom. The van der Waals surface area contributed by atoms with Gasteiger partial charge in [0.15, 0.2) is 0 Å². The second-order valence-corrected chi connectivity index (χ2v) is 2.67. The van der Waals surface area contributed by atoms with Gasteiger partial charge in [0.2, 0.25) is 0 Å². The molecule has 2 aliphatic carbocycles. The van der Waals surface area contributed by atoms with Gasteiger partial charge in [0.05, 0.1) is 0 Å². The molecule has 2 rings (SSSR count). The maximum absolute atomic E-state index is 2.00. The fourth-order valence-electron chi connectivity index (χ4n) is 1.14. The molecule has 0 aromatic carbocycles.